The fourth-order valence-electron chi connectivity index (χ4n) is 3.04. The van der Waals surface area contributed by atoms with Crippen molar-refractivity contribution in [3.05, 3.63) is 82.5 Å². The molecule has 2 heterocycles. The van der Waals surface area contributed by atoms with E-state index in [9.17, 15) is 4.79 Å². The van der Waals surface area contributed by atoms with Crippen LogP contribution in [0.15, 0.2) is 71.3 Å². The first kappa shape index (κ1) is 15.8. The Morgan fingerprint density at radius 2 is 1.84 bits per heavy atom. The van der Waals surface area contributed by atoms with Gasteiger partial charge in [0.25, 0.3) is 5.91 Å². The molecule has 2 aromatic carbocycles. The zero-order valence-electron chi connectivity index (χ0n) is 13.4. The van der Waals surface area contributed by atoms with Gasteiger partial charge in [-0.25, -0.2) is 4.98 Å². The first-order chi connectivity index (χ1) is 12.2. The number of hydrogen-bond acceptors (Lipinski definition) is 3. The third kappa shape index (κ3) is 3.15. The normalized spacial score (nSPS) is 12.8. The predicted octanol–water partition coefficient (Wildman–Crippen LogP) is 4.79. The van der Waals surface area contributed by atoms with Gasteiger partial charge in [0.05, 0.1) is 17.4 Å². The number of para-hydroxylation sites is 1. The maximum atomic E-state index is 12.4. The van der Waals surface area contributed by atoms with Gasteiger partial charge in [-0.15, -0.1) is 0 Å². The summed E-state index contributed by atoms with van der Waals surface area (Å²) in [4.78, 5) is 19.1. The standard InChI is InChI=1S/C20H16BrN3O/c21-17-7-3-2-6-16(17)20(25)23-15-9-10-19(22-13-15)24-12-11-14-5-1-4-8-18(14)24/h1-10,13H,11-12H2,(H,23,25). The van der Waals surface area contributed by atoms with E-state index in [0.29, 0.717) is 11.3 Å². The number of anilines is 3. The lowest BCUT2D eigenvalue weighted by molar-refractivity contribution is 0.102. The van der Waals surface area contributed by atoms with Gasteiger partial charge < -0.3 is 10.2 Å². The number of hydrogen-bond donors (Lipinski definition) is 1. The second-order valence-corrected chi connectivity index (χ2v) is 6.72. The van der Waals surface area contributed by atoms with Crippen LogP contribution in [0.1, 0.15) is 15.9 Å². The molecule has 1 amide bonds. The summed E-state index contributed by atoms with van der Waals surface area (Å²) in [5.41, 5.74) is 3.83. The number of carbonyl (C=O) groups excluding carboxylic acids is 1. The van der Waals surface area contributed by atoms with Crippen LogP contribution < -0.4 is 10.2 Å². The lowest BCUT2D eigenvalue weighted by atomic mass is 10.2. The fraction of sp³-hybridized carbons (Fsp3) is 0.100. The molecule has 1 aromatic heterocycles. The fourth-order valence-corrected chi connectivity index (χ4v) is 3.50. The maximum Gasteiger partial charge on any atom is 0.256 e. The Hall–Kier alpha value is -2.66. The molecule has 0 saturated heterocycles. The van der Waals surface area contributed by atoms with Gasteiger partial charge in [-0.05, 0) is 58.2 Å². The molecule has 5 heteroatoms. The molecule has 25 heavy (non-hydrogen) atoms. The molecule has 4 nitrogen and oxygen atoms in total. The van der Waals surface area contributed by atoms with Gasteiger partial charge >= 0.3 is 0 Å². The number of aromatic nitrogens is 1. The highest BCUT2D eigenvalue weighted by Gasteiger charge is 2.20. The van der Waals surface area contributed by atoms with Crippen LogP contribution in [0.2, 0.25) is 0 Å². The highest BCUT2D eigenvalue weighted by Crippen LogP contribution is 2.33. The monoisotopic (exact) mass is 393 g/mol. The highest BCUT2D eigenvalue weighted by molar-refractivity contribution is 9.10. The summed E-state index contributed by atoms with van der Waals surface area (Å²) in [7, 11) is 0. The van der Waals surface area contributed by atoms with E-state index in [1.54, 1.807) is 12.3 Å². The second-order valence-electron chi connectivity index (χ2n) is 5.87. The zero-order chi connectivity index (χ0) is 17.2. The zero-order valence-corrected chi connectivity index (χ0v) is 15.0. The van der Waals surface area contributed by atoms with E-state index in [1.165, 1.54) is 11.3 Å². The molecule has 124 valence electrons. The Balaban J connectivity index is 1.52. The van der Waals surface area contributed by atoms with Crippen LogP contribution in [0.5, 0.6) is 0 Å². The summed E-state index contributed by atoms with van der Waals surface area (Å²) < 4.78 is 0.769. The van der Waals surface area contributed by atoms with E-state index in [4.69, 9.17) is 0 Å². The van der Waals surface area contributed by atoms with Crippen molar-refractivity contribution < 1.29 is 4.79 Å². The number of pyridine rings is 1. The van der Waals surface area contributed by atoms with Crippen LogP contribution in [-0.4, -0.2) is 17.4 Å². The van der Waals surface area contributed by atoms with Crippen LogP contribution in [0.3, 0.4) is 0 Å². The number of fused-ring (bicyclic) bond motifs is 1. The third-order valence-corrected chi connectivity index (χ3v) is 4.98. The van der Waals surface area contributed by atoms with Gasteiger partial charge in [0.15, 0.2) is 0 Å². The summed E-state index contributed by atoms with van der Waals surface area (Å²) >= 11 is 3.40. The van der Waals surface area contributed by atoms with Gasteiger partial charge in [0.2, 0.25) is 0 Å². The summed E-state index contributed by atoms with van der Waals surface area (Å²) in [6, 6.07) is 19.6. The number of benzene rings is 2. The van der Waals surface area contributed by atoms with Gasteiger partial charge in [0.1, 0.15) is 5.82 Å². The lowest BCUT2D eigenvalue weighted by Crippen LogP contribution is -2.16. The molecule has 0 radical (unpaired) electrons. The predicted molar refractivity (Wildman–Crippen MR) is 103 cm³/mol. The van der Waals surface area contributed by atoms with Gasteiger partial charge in [-0.3, -0.25) is 4.79 Å². The van der Waals surface area contributed by atoms with Crippen molar-refractivity contribution in [3.63, 3.8) is 0 Å². The topological polar surface area (TPSA) is 45.2 Å². The van der Waals surface area contributed by atoms with E-state index >= 15 is 0 Å². The molecule has 0 spiro atoms. The van der Waals surface area contributed by atoms with Crippen molar-refractivity contribution in [2.75, 3.05) is 16.8 Å². The van der Waals surface area contributed by atoms with Crippen LogP contribution >= 0.6 is 15.9 Å². The number of nitrogens with one attached hydrogen (secondary N) is 1. The minimum absolute atomic E-state index is 0.159. The maximum absolute atomic E-state index is 12.4. The van der Waals surface area contributed by atoms with Crippen molar-refractivity contribution in [1.82, 2.24) is 4.98 Å². The van der Waals surface area contributed by atoms with Gasteiger partial charge in [0, 0.05) is 16.7 Å². The molecule has 1 aliphatic rings. The Bertz CT molecular complexity index is 924. The minimum atomic E-state index is -0.159. The molecule has 0 fully saturated rings. The molecule has 1 N–H and O–H groups in total. The van der Waals surface area contributed by atoms with E-state index in [2.05, 4.69) is 49.3 Å². The molecule has 0 atom stereocenters. The largest absolute Gasteiger partial charge is 0.326 e. The molecule has 4 rings (SSSR count). The van der Waals surface area contributed by atoms with Crippen molar-refractivity contribution >= 4 is 39.0 Å². The van der Waals surface area contributed by atoms with E-state index in [1.807, 2.05) is 36.4 Å². The molecule has 0 saturated carbocycles. The second kappa shape index (κ2) is 6.69. The van der Waals surface area contributed by atoms with Crippen molar-refractivity contribution in [2.24, 2.45) is 0 Å². The highest BCUT2D eigenvalue weighted by atomic mass is 79.9. The Kier molecular flexibility index (Phi) is 4.24. The number of carbonyl (C=O) groups is 1. The SMILES string of the molecule is O=C(Nc1ccc(N2CCc3ccccc32)nc1)c1ccccc1Br. The summed E-state index contributed by atoms with van der Waals surface area (Å²) in [5, 5.41) is 2.89. The Morgan fingerprint density at radius 3 is 2.64 bits per heavy atom. The number of rotatable bonds is 3. The van der Waals surface area contributed by atoms with Crippen molar-refractivity contribution in [3.8, 4) is 0 Å². The molecule has 1 aliphatic heterocycles. The minimum Gasteiger partial charge on any atom is -0.326 e. The molecule has 0 bridgehead atoms. The Labute approximate surface area is 154 Å². The van der Waals surface area contributed by atoms with E-state index in [0.717, 1.165) is 23.3 Å². The first-order valence-corrected chi connectivity index (χ1v) is 8.89. The first-order valence-electron chi connectivity index (χ1n) is 8.10. The van der Waals surface area contributed by atoms with Crippen LogP contribution in [-0.2, 0) is 6.42 Å². The van der Waals surface area contributed by atoms with E-state index in [-0.39, 0.29) is 5.91 Å². The molecular formula is C20H16BrN3O. The number of nitrogens with zero attached hydrogens (tertiary/aromatic N) is 2. The van der Waals surface area contributed by atoms with Crippen molar-refractivity contribution in [1.29, 1.82) is 0 Å². The molecule has 3 aromatic rings. The van der Waals surface area contributed by atoms with Gasteiger partial charge in [-0.1, -0.05) is 30.3 Å². The molecular weight excluding hydrogens is 378 g/mol. The smallest absolute Gasteiger partial charge is 0.256 e. The van der Waals surface area contributed by atoms with Crippen LogP contribution in [0.4, 0.5) is 17.2 Å². The van der Waals surface area contributed by atoms with Crippen molar-refractivity contribution in [2.45, 2.75) is 6.42 Å². The summed E-state index contributed by atoms with van der Waals surface area (Å²) in [5.74, 6) is 0.734. The quantitative estimate of drug-likeness (QED) is 0.695. The Morgan fingerprint density at radius 1 is 1.04 bits per heavy atom. The summed E-state index contributed by atoms with van der Waals surface area (Å²) in [6.45, 7) is 0.926. The lowest BCUT2D eigenvalue weighted by Gasteiger charge is -2.18. The van der Waals surface area contributed by atoms with Crippen LogP contribution in [0.25, 0.3) is 0 Å². The average Bonchev–Trinajstić information content (AvgIpc) is 3.07. The average molecular weight is 394 g/mol. The number of halogens is 1. The van der Waals surface area contributed by atoms with Crippen LogP contribution in [0, 0.1) is 0 Å². The number of amides is 1. The van der Waals surface area contributed by atoms with E-state index < -0.39 is 0 Å². The van der Waals surface area contributed by atoms with Gasteiger partial charge in [-0.2, -0.15) is 0 Å². The molecule has 0 aliphatic carbocycles. The summed E-state index contributed by atoms with van der Waals surface area (Å²) in [6.07, 6.45) is 2.73. The third-order valence-electron chi connectivity index (χ3n) is 4.29. The molecule has 0 unspecified atom stereocenters.